The number of hydrogen-bond acceptors (Lipinski definition) is 7. The number of Topliss-reactive ketones (excluding diaryl/α,β-unsaturated/α-hetero) is 1. The Labute approximate surface area is 178 Å². The van der Waals surface area contributed by atoms with E-state index < -0.39 is 4.92 Å². The first-order chi connectivity index (χ1) is 14.0. The molecular formula is C20H12ClN3O3S2. The fourth-order valence-electron chi connectivity index (χ4n) is 2.79. The van der Waals surface area contributed by atoms with Gasteiger partial charge in [0.05, 0.1) is 16.1 Å². The number of non-ortho nitro benzene ring substituents is 1. The SMILES string of the molecule is O=C(CSc1ncnc2scc(-c3ccc(Cl)cc3)c12)c1ccc([N+](=O)[O-])cc1. The van der Waals surface area contributed by atoms with Crippen LogP contribution < -0.4 is 0 Å². The smallest absolute Gasteiger partial charge is 0.269 e. The van der Waals surface area contributed by atoms with E-state index >= 15 is 0 Å². The molecule has 0 aliphatic carbocycles. The van der Waals surface area contributed by atoms with Gasteiger partial charge < -0.3 is 0 Å². The fraction of sp³-hybridized carbons (Fsp3) is 0.0500. The molecule has 2 aromatic carbocycles. The van der Waals surface area contributed by atoms with Gasteiger partial charge in [-0.15, -0.1) is 11.3 Å². The highest BCUT2D eigenvalue weighted by atomic mass is 35.5. The molecule has 29 heavy (non-hydrogen) atoms. The number of carbonyl (C=O) groups excluding carboxylic acids is 1. The molecule has 0 saturated carbocycles. The number of benzene rings is 2. The Bertz CT molecular complexity index is 1210. The lowest BCUT2D eigenvalue weighted by molar-refractivity contribution is -0.384. The summed E-state index contributed by atoms with van der Waals surface area (Å²) in [4.78, 5) is 32.3. The fourth-order valence-corrected chi connectivity index (χ4v) is 4.80. The number of nitrogens with zero attached hydrogens (tertiary/aromatic N) is 3. The third kappa shape index (κ3) is 4.14. The Morgan fingerprint density at radius 3 is 2.52 bits per heavy atom. The zero-order chi connectivity index (χ0) is 20.4. The molecule has 9 heteroatoms. The molecule has 6 nitrogen and oxygen atoms in total. The zero-order valence-corrected chi connectivity index (χ0v) is 17.1. The summed E-state index contributed by atoms with van der Waals surface area (Å²) in [7, 11) is 0. The number of aromatic nitrogens is 2. The lowest BCUT2D eigenvalue weighted by atomic mass is 10.1. The quantitative estimate of drug-likeness (QED) is 0.122. The van der Waals surface area contributed by atoms with Crippen LogP contribution in [0.4, 0.5) is 5.69 Å². The highest BCUT2D eigenvalue weighted by molar-refractivity contribution is 8.00. The van der Waals surface area contributed by atoms with Gasteiger partial charge in [0, 0.05) is 33.7 Å². The molecule has 2 aromatic heterocycles. The minimum atomic E-state index is -0.491. The number of nitro benzene ring substituents is 1. The van der Waals surface area contributed by atoms with E-state index in [1.807, 2.05) is 29.6 Å². The number of rotatable bonds is 6. The maximum atomic E-state index is 12.5. The molecule has 0 radical (unpaired) electrons. The van der Waals surface area contributed by atoms with Gasteiger partial charge in [0.25, 0.3) is 5.69 Å². The molecule has 0 bridgehead atoms. The molecule has 0 atom stereocenters. The number of carbonyl (C=O) groups is 1. The summed E-state index contributed by atoms with van der Waals surface area (Å²) in [6, 6.07) is 13.1. The second-order valence-electron chi connectivity index (χ2n) is 6.03. The van der Waals surface area contributed by atoms with Gasteiger partial charge in [0.1, 0.15) is 16.2 Å². The van der Waals surface area contributed by atoms with Gasteiger partial charge in [0.2, 0.25) is 0 Å². The molecular weight excluding hydrogens is 430 g/mol. The highest BCUT2D eigenvalue weighted by Crippen LogP contribution is 2.38. The number of halogens is 1. The van der Waals surface area contributed by atoms with Gasteiger partial charge in [-0.1, -0.05) is 35.5 Å². The molecule has 0 aliphatic heterocycles. The van der Waals surface area contributed by atoms with Crippen molar-refractivity contribution in [2.24, 2.45) is 0 Å². The number of thioether (sulfide) groups is 1. The van der Waals surface area contributed by atoms with E-state index in [1.165, 1.54) is 53.7 Å². The second kappa shape index (κ2) is 8.28. The molecule has 2 heterocycles. The van der Waals surface area contributed by atoms with Gasteiger partial charge in [-0.05, 0) is 29.8 Å². The molecule has 4 rings (SSSR count). The predicted octanol–water partition coefficient (Wildman–Crippen LogP) is 5.89. The summed E-state index contributed by atoms with van der Waals surface area (Å²) >= 11 is 8.83. The van der Waals surface area contributed by atoms with Crippen LogP contribution in [0.25, 0.3) is 21.3 Å². The van der Waals surface area contributed by atoms with Crippen molar-refractivity contribution in [1.29, 1.82) is 0 Å². The third-order valence-corrected chi connectivity index (χ3v) is 6.36. The minimum Gasteiger partial charge on any atom is -0.293 e. The van der Waals surface area contributed by atoms with Crippen LogP contribution in [0.1, 0.15) is 10.4 Å². The lowest BCUT2D eigenvalue weighted by Crippen LogP contribution is -2.03. The molecule has 0 N–H and O–H groups in total. The predicted molar refractivity (Wildman–Crippen MR) is 116 cm³/mol. The molecule has 0 amide bonds. The van der Waals surface area contributed by atoms with Gasteiger partial charge in [0.15, 0.2) is 5.78 Å². The number of thiophene rings is 1. The van der Waals surface area contributed by atoms with E-state index in [9.17, 15) is 14.9 Å². The largest absolute Gasteiger partial charge is 0.293 e. The van der Waals surface area contributed by atoms with Crippen molar-refractivity contribution in [3.05, 3.63) is 80.9 Å². The molecule has 0 aliphatic rings. The lowest BCUT2D eigenvalue weighted by Gasteiger charge is -2.05. The number of fused-ring (bicyclic) bond motifs is 1. The molecule has 0 spiro atoms. The Morgan fingerprint density at radius 2 is 1.83 bits per heavy atom. The summed E-state index contributed by atoms with van der Waals surface area (Å²) in [6.07, 6.45) is 1.49. The maximum Gasteiger partial charge on any atom is 0.269 e. The van der Waals surface area contributed by atoms with Crippen molar-refractivity contribution in [3.8, 4) is 11.1 Å². The molecule has 4 aromatic rings. The first-order valence-corrected chi connectivity index (χ1v) is 10.7. The average Bonchev–Trinajstić information content (AvgIpc) is 3.17. The van der Waals surface area contributed by atoms with Gasteiger partial charge >= 0.3 is 0 Å². The Morgan fingerprint density at radius 1 is 1.10 bits per heavy atom. The number of hydrogen-bond donors (Lipinski definition) is 0. The molecule has 144 valence electrons. The maximum absolute atomic E-state index is 12.5. The normalized spacial score (nSPS) is 10.9. The topological polar surface area (TPSA) is 86.0 Å². The van der Waals surface area contributed by atoms with Crippen molar-refractivity contribution in [1.82, 2.24) is 9.97 Å². The first kappa shape index (κ1) is 19.5. The van der Waals surface area contributed by atoms with Crippen LogP contribution in [0.15, 0.2) is 65.3 Å². The summed E-state index contributed by atoms with van der Waals surface area (Å²) in [6.45, 7) is 0. The average molecular weight is 442 g/mol. The molecule has 0 fully saturated rings. The Hall–Kier alpha value is -2.81. The van der Waals surface area contributed by atoms with Crippen molar-refractivity contribution in [3.63, 3.8) is 0 Å². The monoisotopic (exact) mass is 441 g/mol. The molecule has 0 saturated heterocycles. The second-order valence-corrected chi connectivity index (χ2v) is 8.29. The Kier molecular flexibility index (Phi) is 5.57. The Balaban J connectivity index is 1.59. The van der Waals surface area contributed by atoms with Crippen LogP contribution in [-0.4, -0.2) is 26.4 Å². The minimum absolute atomic E-state index is 0.0439. The van der Waals surface area contributed by atoms with Gasteiger partial charge in [-0.2, -0.15) is 0 Å². The van der Waals surface area contributed by atoms with E-state index in [0.717, 1.165) is 26.4 Å². The molecule has 0 unspecified atom stereocenters. The van der Waals surface area contributed by atoms with Crippen molar-refractivity contribution < 1.29 is 9.72 Å². The summed E-state index contributed by atoms with van der Waals surface area (Å²) in [5, 5.41) is 15.1. The summed E-state index contributed by atoms with van der Waals surface area (Å²) in [5.74, 6) is 0.0414. The first-order valence-electron chi connectivity index (χ1n) is 8.41. The van der Waals surface area contributed by atoms with Crippen LogP contribution in [-0.2, 0) is 0 Å². The van der Waals surface area contributed by atoms with Crippen molar-refractivity contribution in [2.75, 3.05) is 5.75 Å². The van der Waals surface area contributed by atoms with Crippen molar-refractivity contribution >= 4 is 56.4 Å². The third-order valence-electron chi connectivity index (χ3n) is 4.23. The van der Waals surface area contributed by atoms with E-state index in [1.54, 1.807) is 0 Å². The van der Waals surface area contributed by atoms with E-state index in [4.69, 9.17) is 11.6 Å². The van der Waals surface area contributed by atoms with Crippen LogP contribution in [0.5, 0.6) is 0 Å². The van der Waals surface area contributed by atoms with Crippen LogP contribution in [0.2, 0.25) is 5.02 Å². The van der Waals surface area contributed by atoms with Crippen LogP contribution in [0, 0.1) is 10.1 Å². The van der Waals surface area contributed by atoms with E-state index in [0.29, 0.717) is 10.6 Å². The van der Waals surface area contributed by atoms with Crippen LogP contribution in [0.3, 0.4) is 0 Å². The highest BCUT2D eigenvalue weighted by Gasteiger charge is 2.16. The van der Waals surface area contributed by atoms with E-state index in [2.05, 4.69) is 9.97 Å². The van der Waals surface area contributed by atoms with E-state index in [-0.39, 0.29) is 17.2 Å². The van der Waals surface area contributed by atoms with Crippen molar-refractivity contribution in [2.45, 2.75) is 5.03 Å². The summed E-state index contributed by atoms with van der Waals surface area (Å²) < 4.78 is 0. The van der Waals surface area contributed by atoms with Crippen LogP contribution >= 0.6 is 34.7 Å². The number of ketones is 1. The zero-order valence-electron chi connectivity index (χ0n) is 14.7. The van der Waals surface area contributed by atoms with Gasteiger partial charge in [-0.25, -0.2) is 9.97 Å². The number of nitro groups is 1. The summed E-state index contributed by atoms with van der Waals surface area (Å²) in [5.41, 5.74) is 2.38. The standard InChI is InChI=1S/C20H12ClN3O3S2/c21-14-5-1-12(2-6-14)16-9-28-19-18(16)20(23-11-22-19)29-10-17(25)13-3-7-15(8-4-13)24(26)27/h1-9,11H,10H2. The van der Waals surface area contributed by atoms with Gasteiger partial charge in [-0.3, -0.25) is 14.9 Å².